The van der Waals surface area contributed by atoms with E-state index < -0.39 is 18.2 Å². The maximum atomic E-state index is 12.7. The Labute approximate surface area is 174 Å². The first-order chi connectivity index (χ1) is 14.7. The van der Waals surface area contributed by atoms with Gasteiger partial charge in [-0.25, -0.2) is 4.79 Å². The number of alkyl carbamates (subject to hydrolysis) is 1. The molecular formula is C22H24N4O4. The lowest BCUT2D eigenvalue weighted by molar-refractivity contribution is -0.117. The minimum absolute atomic E-state index is 0.117. The summed E-state index contributed by atoms with van der Waals surface area (Å²) in [5.74, 6) is -0.406. The van der Waals surface area contributed by atoms with Crippen molar-refractivity contribution in [3.8, 4) is 0 Å². The smallest absolute Gasteiger partial charge is 0.409 e. The van der Waals surface area contributed by atoms with Gasteiger partial charge in [-0.3, -0.25) is 20.0 Å². The normalized spacial score (nSPS) is 19.1. The van der Waals surface area contributed by atoms with E-state index in [1.807, 2.05) is 54.6 Å². The van der Waals surface area contributed by atoms with E-state index >= 15 is 0 Å². The van der Waals surface area contributed by atoms with Crippen LogP contribution in [0.25, 0.3) is 0 Å². The van der Waals surface area contributed by atoms with Gasteiger partial charge < -0.3 is 14.8 Å². The zero-order chi connectivity index (χ0) is 20.8. The van der Waals surface area contributed by atoms with E-state index in [-0.39, 0.29) is 6.61 Å². The Hall–Kier alpha value is -3.23. The van der Waals surface area contributed by atoms with Crippen LogP contribution in [0.3, 0.4) is 0 Å². The van der Waals surface area contributed by atoms with Gasteiger partial charge >= 0.3 is 6.09 Å². The van der Waals surface area contributed by atoms with Gasteiger partial charge in [-0.05, 0) is 11.6 Å². The van der Waals surface area contributed by atoms with Gasteiger partial charge in [0.1, 0.15) is 6.61 Å². The molecule has 1 atom stereocenters. The molecule has 1 unspecified atom stereocenters. The number of anilines is 1. The molecule has 0 radical (unpaired) electrons. The molecular weight excluding hydrogens is 384 g/mol. The number of carbonyl (C=O) groups excluding carboxylic acids is 2. The Morgan fingerprint density at radius 2 is 1.87 bits per heavy atom. The second kappa shape index (κ2) is 9.51. The zero-order valence-corrected chi connectivity index (χ0v) is 16.5. The van der Waals surface area contributed by atoms with E-state index in [1.165, 1.54) is 0 Å². The van der Waals surface area contributed by atoms with E-state index in [0.717, 1.165) is 29.9 Å². The van der Waals surface area contributed by atoms with Gasteiger partial charge in [0, 0.05) is 30.9 Å². The molecule has 2 amide bonds. The lowest BCUT2D eigenvalue weighted by atomic mass is 10.1. The zero-order valence-electron chi connectivity index (χ0n) is 16.5. The number of ether oxygens (including phenoxy) is 2. The molecule has 156 valence electrons. The molecule has 1 saturated heterocycles. The second-order valence-corrected chi connectivity index (χ2v) is 7.11. The summed E-state index contributed by atoms with van der Waals surface area (Å²) >= 11 is 0. The third-order valence-corrected chi connectivity index (χ3v) is 4.97. The van der Waals surface area contributed by atoms with Crippen molar-refractivity contribution in [1.82, 2.24) is 10.2 Å². The average molecular weight is 408 g/mol. The fraction of sp³-hybridized carbons (Fsp3) is 0.318. The number of benzene rings is 2. The number of morpholine rings is 1. The molecule has 0 aromatic heterocycles. The molecule has 0 aliphatic carbocycles. The lowest BCUT2D eigenvalue weighted by Crippen LogP contribution is -2.43. The molecule has 2 N–H and O–H groups in total. The van der Waals surface area contributed by atoms with Crippen LogP contribution in [-0.2, 0) is 20.9 Å². The summed E-state index contributed by atoms with van der Waals surface area (Å²) in [6.07, 6.45) is -1.77. The first-order valence-electron chi connectivity index (χ1n) is 9.93. The average Bonchev–Trinajstić information content (AvgIpc) is 2.90. The largest absolute Gasteiger partial charge is 0.445 e. The third-order valence-electron chi connectivity index (χ3n) is 4.97. The first kappa shape index (κ1) is 20.1. The molecule has 4 rings (SSSR count). The van der Waals surface area contributed by atoms with Gasteiger partial charge in [-0.2, -0.15) is 0 Å². The van der Waals surface area contributed by atoms with Crippen molar-refractivity contribution in [1.29, 1.82) is 0 Å². The van der Waals surface area contributed by atoms with Crippen LogP contribution in [0.4, 0.5) is 10.5 Å². The number of para-hydroxylation sites is 1. The topological polar surface area (TPSA) is 92.3 Å². The van der Waals surface area contributed by atoms with E-state index in [1.54, 1.807) is 0 Å². The van der Waals surface area contributed by atoms with Crippen molar-refractivity contribution in [2.75, 3.05) is 38.2 Å². The number of hydrogen-bond acceptors (Lipinski definition) is 6. The number of benzodiazepines with no additional fused rings is 1. The van der Waals surface area contributed by atoms with Gasteiger partial charge in [0.2, 0.25) is 6.17 Å². The van der Waals surface area contributed by atoms with Crippen molar-refractivity contribution in [2.45, 2.75) is 12.8 Å². The summed E-state index contributed by atoms with van der Waals surface area (Å²) in [6, 6.07) is 16.9. The molecule has 0 bridgehead atoms. The highest BCUT2D eigenvalue weighted by atomic mass is 16.5. The number of aliphatic imine (C=N–C) groups is 1. The number of amides is 2. The summed E-state index contributed by atoms with van der Waals surface area (Å²) in [6.45, 7) is 3.59. The van der Waals surface area contributed by atoms with Crippen LogP contribution in [0.5, 0.6) is 0 Å². The molecule has 8 nitrogen and oxygen atoms in total. The molecule has 0 saturated carbocycles. The Kier molecular flexibility index (Phi) is 6.36. The molecule has 2 aliphatic heterocycles. The standard InChI is InChI=1S/C22H24N4O4/c27-21-20(25-22(28)30-15-16-6-2-1-3-7-16)23-19(14-26-10-12-29-13-11-26)17-8-4-5-9-18(17)24-21/h1-9,20H,10-15H2,(H,24,27)(H,25,28). The molecule has 8 heteroatoms. The van der Waals surface area contributed by atoms with Crippen molar-refractivity contribution < 1.29 is 19.1 Å². The molecule has 2 aromatic rings. The Balaban J connectivity index is 1.49. The molecule has 1 fully saturated rings. The number of nitrogens with zero attached hydrogens (tertiary/aromatic N) is 2. The van der Waals surface area contributed by atoms with Gasteiger partial charge in [0.25, 0.3) is 5.91 Å². The fourth-order valence-corrected chi connectivity index (χ4v) is 3.40. The molecule has 2 aliphatic rings. The quantitative estimate of drug-likeness (QED) is 0.790. The molecule has 2 heterocycles. The van der Waals surface area contributed by atoms with Gasteiger partial charge in [-0.1, -0.05) is 48.5 Å². The van der Waals surface area contributed by atoms with Crippen LogP contribution in [0.1, 0.15) is 11.1 Å². The second-order valence-electron chi connectivity index (χ2n) is 7.11. The van der Waals surface area contributed by atoms with Crippen LogP contribution in [-0.4, -0.2) is 61.6 Å². The molecule has 2 aromatic carbocycles. The number of rotatable bonds is 5. The lowest BCUT2D eigenvalue weighted by Gasteiger charge is -2.27. The highest BCUT2D eigenvalue weighted by Crippen LogP contribution is 2.21. The number of carbonyl (C=O) groups is 2. The summed E-state index contributed by atoms with van der Waals surface area (Å²) in [5, 5.41) is 5.43. The minimum atomic E-state index is -1.07. The van der Waals surface area contributed by atoms with Crippen molar-refractivity contribution >= 4 is 23.4 Å². The van der Waals surface area contributed by atoms with E-state index in [9.17, 15) is 9.59 Å². The summed E-state index contributed by atoms with van der Waals surface area (Å²) < 4.78 is 10.7. The van der Waals surface area contributed by atoms with E-state index in [2.05, 4.69) is 20.5 Å². The van der Waals surface area contributed by atoms with Crippen LogP contribution < -0.4 is 10.6 Å². The van der Waals surface area contributed by atoms with Crippen LogP contribution >= 0.6 is 0 Å². The van der Waals surface area contributed by atoms with Crippen molar-refractivity contribution in [3.63, 3.8) is 0 Å². The number of fused-ring (bicyclic) bond motifs is 1. The third kappa shape index (κ3) is 5.03. The summed E-state index contributed by atoms with van der Waals surface area (Å²) in [7, 11) is 0. The fourth-order valence-electron chi connectivity index (χ4n) is 3.40. The maximum Gasteiger partial charge on any atom is 0.409 e. The van der Waals surface area contributed by atoms with Crippen LogP contribution in [0, 0.1) is 0 Å². The predicted molar refractivity (Wildman–Crippen MR) is 112 cm³/mol. The summed E-state index contributed by atoms with van der Waals surface area (Å²) in [5.41, 5.74) is 3.12. The van der Waals surface area contributed by atoms with E-state index in [0.29, 0.717) is 25.4 Å². The van der Waals surface area contributed by atoms with Crippen molar-refractivity contribution in [2.24, 2.45) is 4.99 Å². The molecule has 0 spiro atoms. The highest BCUT2D eigenvalue weighted by molar-refractivity contribution is 6.13. The Morgan fingerprint density at radius 3 is 2.67 bits per heavy atom. The number of nitrogens with one attached hydrogen (secondary N) is 2. The van der Waals surface area contributed by atoms with Gasteiger partial charge in [-0.15, -0.1) is 0 Å². The Bertz CT molecular complexity index is 926. The van der Waals surface area contributed by atoms with Gasteiger partial charge in [0.05, 0.1) is 18.9 Å². The number of hydrogen-bond donors (Lipinski definition) is 2. The first-order valence-corrected chi connectivity index (χ1v) is 9.93. The van der Waals surface area contributed by atoms with E-state index in [4.69, 9.17) is 9.47 Å². The minimum Gasteiger partial charge on any atom is -0.445 e. The maximum absolute atomic E-state index is 12.7. The van der Waals surface area contributed by atoms with Gasteiger partial charge in [0.15, 0.2) is 0 Å². The van der Waals surface area contributed by atoms with Crippen molar-refractivity contribution in [3.05, 3.63) is 65.7 Å². The molecule has 30 heavy (non-hydrogen) atoms. The monoisotopic (exact) mass is 408 g/mol. The highest BCUT2D eigenvalue weighted by Gasteiger charge is 2.27. The Morgan fingerprint density at radius 1 is 1.13 bits per heavy atom. The van der Waals surface area contributed by atoms with Crippen LogP contribution in [0.15, 0.2) is 59.6 Å². The predicted octanol–water partition coefficient (Wildman–Crippen LogP) is 2.01. The SMILES string of the molecule is O=C(NC1N=C(CN2CCOCC2)c2ccccc2NC1=O)OCc1ccccc1. The van der Waals surface area contributed by atoms with Crippen LogP contribution in [0.2, 0.25) is 0 Å². The summed E-state index contributed by atoms with van der Waals surface area (Å²) in [4.78, 5) is 31.8.